The maximum absolute atomic E-state index is 9.63. The van der Waals surface area contributed by atoms with Crippen LogP contribution >= 0.6 is 0 Å². The number of anilines is 1. The van der Waals surface area contributed by atoms with Crippen LogP contribution in [0.4, 0.5) is 5.69 Å². The molecule has 0 unspecified atom stereocenters. The molecule has 0 amide bonds. The van der Waals surface area contributed by atoms with Crippen molar-refractivity contribution in [3.63, 3.8) is 0 Å². The molecule has 0 atom stereocenters. The van der Waals surface area contributed by atoms with Crippen LogP contribution in [0.5, 0.6) is 0 Å². The predicted molar refractivity (Wildman–Crippen MR) is 83.4 cm³/mol. The smallest absolute Gasteiger partial charge is 0.140 e. The average molecular weight is 279 g/mol. The Morgan fingerprint density at radius 2 is 1.95 bits per heavy atom. The molecule has 21 heavy (non-hydrogen) atoms. The Morgan fingerprint density at radius 1 is 1.10 bits per heavy atom. The first-order valence-corrected chi connectivity index (χ1v) is 7.26. The van der Waals surface area contributed by atoms with Gasteiger partial charge in [-0.3, -0.25) is 4.57 Å². The number of benzene rings is 2. The van der Waals surface area contributed by atoms with Crippen molar-refractivity contribution < 1.29 is 5.11 Å². The summed E-state index contributed by atoms with van der Waals surface area (Å²) in [5, 5.41) is 9.63. The number of aliphatic hydroxyl groups is 1. The molecule has 1 aliphatic carbocycles. The molecule has 3 aromatic rings. The van der Waals surface area contributed by atoms with Crippen LogP contribution in [-0.2, 0) is 19.4 Å². The molecule has 0 bridgehead atoms. The fourth-order valence-corrected chi connectivity index (χ4v) is 3.24. The van der Waals surface area contributed by atoms with Crippen molar-refractivity contribution in [1.29, 1.82) is 0 Å². The number of aliphatic hydroxyl groups excluding tert-OH is 1. The second-order valence-corrected chi connectivity index (χ2v) is 5.58. The predicted octanol–water partition coefficient (Wildman–Crippen LogP) is 2.59. The Balaban J connectivity index is 1.96. The van der Waals surface area contributed by atoms with Gasteiger partial charge < -0.3 is 10.8 Å². The Morgan fingerprint density at radius 3 is 2.81 bits per heavy atom. The molecule has 0 aliphatic heterocycles. The van der Waals surface area contributed by atoms with Crippen molar-refractivity contribution in [2.24, 2.45) is 0 Å². The number of aryl methyl sites for hydroxylation is 2. The highest BCUT2D eigenvalue weighted by Crippen LogP contribution is 2.28. The van der Waals surface area contributed by atoms with Crippen LogP contribution in [-0.4, -0.2) is 14.7 Å². The lowest BCUT2D eigenvalue weighted by molar-refractivity contribution is 0.270. The Hall–Kier alpha value is -2.33. The highest BCUT2D eigenvalue weighted by molar-refractivity contribution is 5.81. The number of imidazole rings is 1. The minimum absolute atomic E-state index is 0.0916. The first-order valence-electron chi connectivity index (χ1n) is 7.26. The first-order chi connectivity index (χ1) is 10.3. The molecule has 1 heterocycles. The Labute approximate surface area is 122 Å². The summed E-state index contributed by atoms with van der Waals surface area (Å²) >= 11 is 0. The van der Waals surface area contributed by atoms with E-state index in [0.29, 0.717) is 11.5 Å². The molecule has 2 aromatic carbocycles. The van der Waals surface area contributed by atoms with E-state index in [0.717, 1.165) is 23.1 Å². The van der Waals surface area contributed by atoms with Crippen LogP contribution in [0.1, 0.15) is 23.4 Å². The van der Waals surface area contributed by atoms with Gasteiger partial charge in [0.05, 0.1) is 11.0 Å². The van der Waals surface area contributed by atoms with Crippen LogP contribution in [0.3, 0.4) is 0 Å². The van der Waals surface area contributed by atoms with Crippen LogP contribution in [0, 0.1) is 0 Å². The molecule has 4 nitrogen and oxygen atoms in total. The second-order valence-electron chi connectivity index (χ2n) is 5.58. The van der Waals surface area contributed by atoms with Gasteiger partial charge in [-0.25, -0.2) is 4.98 Å². The summed E-state index contributed by atoms with van der Waals surface area (Å²) < 4.78 is 2.02. The molecule has 0 saturated carbocycles. The van der Waals surface area contributed by atoms with E-state index in [1.54, 1.807) is 0 Å². The van der Waals surface area contributed by atoms with Crippen molar-refractivity contribution in [3.05, 3.63) is 53.3 Å². The van der Waals surface area contributed by atoms with Crippen molar-refractivity contribution in [2.45, 2.75) is 25.9 Å². The molecule has 0 saturated heterocycles. The molecular weight excluding hydrogens is 262 g/mol. The quantitative estimate of drug-likeness (QED) is 0.709. The van der Waals surface area contributed by atoms with Crippen LogP contribution in [0.15, 0.2) is 36.4 Å². The summed E-state index contributed by atoms with van der Waals surface area (Å²) in [6.45, 7) is -0.0916. The topological polar surface area (TPSA) is 64.1 Å². The van der Waals surface area contributed by atoms with E-state index in [9.17, 15) is 5.11 Å². The molecule has 0 fully saturated rings. The fraction of sp³-hybridized carbons (Fsp3) is 0.235. The van der Waals surface area contributed by atoms with E-state index < -0.39 is 0 Å². The van der Waals surface area contributed by atoms with Crippen LogP contribution < -0.4 is 5.73 Å². The molecule has 4 rings (SSSR count). The maximum atomic E-state index is 9.63. The summed E-state index contributed by atoms with van der Waals surface area (Å²) in [6.07, 6.45) is 3.54. The number of hydrogen-bond donors (Lipinski definition) is 2. The molecule has 106 valence electrons. The number of nitrogen functional groups attached to an aromatic ring is 1. The molecule has 1 aliphatic rings. The van der Waals surface area contributed by atoms with Gasteiger partial charge >= 0.3 is 0 Å². The normalized spacial score (nSPS) is 13.8. The molecular formula is C17H17N3O. The van der Waals surface area contributed by atoms with Gasteiger partial charge in [0.15, 0.2) is 0 Å². The van der Waals surface area contributed by atoms with Crippen molar-refractivity contribution in [1.82, 2.24) is 9.55 Å². The lowest BCUT2D eigenvalue weighted by Crippen LogP contribution is -2.02. The molecule has 3 N–H and O–H groups in total. The van der Waals surface area contributed by atoms with Gasteiger partial charge in [-0.2, -0.15) is 0 Å². The summed E-state index contributed by atoms with van der Waals surface area (Å²) in [5.41, 5.74) is 12.2. The van der Waals surface area contributed by atoms with Gasteiger partial charge in [0.25, 0.3) is 0 Å². The monoisotopic (exact) mass is 279 g/mol. The van der Waals surface area contributed by atoms with Crippen LogP contribution in [0.2, 0.25) is 0 Å². The largest absolute Gasteiger partial charge is 0.399 e. The van der Waals surface area contributed by atoms with Gasteiger partial charge in [0.1, 0.15) is 12.4 Å². The highest BCUT2D eigenvalue weighted by atomic mass is 16.3. The second kappa shape index (κ2) is 4.60. The Kier molecular flexibility index (Phi) is 2.72. The first kappa shape index (κ1) is 12.4. The van der Waals surface area contributed by atoms with E-state index in [1.165, 1.54) is 24.0 Å². The lowest BCUT2D eigenvalue weighted by atomic mass is 10.1. The van der Waals surface area contributed by atoms with E-state index in [2.05, 4.69) is 23.2 Å². The third-order valence-electron chi connectivity index (χ3n) is 4.23. The number of nitrogens with two attached hydrogens (primary N) is 1. The van der Waals surface area contributed by atoms with E-state index in [1.807, 2.05) is 22.8 Å². The zero-order valence-electron chi connectivity index (χ0n) is 11.7. The number of aromatic nitrogens is 2. The molecule has 1 aromatic heterocycles. The number of fused-ring (bicyclic) bond motifs is 2. The lowest BCUT2D eigenvalue weighted by Gasteiger charge is -2.10. The minimum Gasteiger partial charge on any atom is -0.399 e. The van der Waals surface area contributed by atoms with E-state index in [-0.39, 0.29) is 6.61 Å². The van der Waals surface area contributed by atoms with E-state index in [4.69, 9.17) is 5.73 Å². The average Bonchev–Trinajstić information content (AvgIpc) is 3.09. The van der Waals surface area contributed by atoms with Crippen molar-refractivity contribution >= 4 is 16.7 Å². The fourth-order valence-electron chi connectivity index (χ4n) is 3.24. The van der Waals surface area contributed by atoms with Gasteiger partial charge in [-0.1, -0.05) is 6.07 Å². The summed E-state index contributed by atoms with van der Waals surface area (Å²) in [5.74, 6) is 0.647. The molecule has 0 spiro atoms. The SMILES string of the molecule is Nc1ccc2c(c1)nc(CO)n2-c1ccc2c(c1)CCC2. The summed E-state index contributed by atoms with van der Waals surface area (Å²) in [4.78, 5) is 4.49. The van der Waals surface area contributed by atoms with Gasteiger partial charge in [-0.05, 0) is 60.7 Å². The summed E-state index contributed by atoms with van der Waals surface area (Å²) in [6, 6.07) is 12.2. The minimum atomic E-state index is -0.0916. The Bertz CT molecular complexity index is 835. The van der Waals surface area contributed by atoms with Crippen molar-refractivity contribution in [3.8, 4) is 5.69 Å². The number of hydrogen-bond acceptors (Lipinski definition) is 3. The third kappa shape index (κ3) is 1.91. The van der Waals surface area contributed by atoms with Gasteiger partial charge in [-0.15, -0.1) is 0 Å². The molecule has 0 radical (unpaired) electrons. The molecule has 4 heteroatoms. The van der Waals surface area contributed by atoms with Crippen molar-refractivity contribution in [2.75, 3.05) is 5.73 Å². The maximum Gasteiger partial charge on any atom is 0.140 e. The number of rotatable bonds is 2. The zero-order valence-corrected chi connectivity index (χ0v) is 11.7. The van der Waals surface area contributed by atoms with Gasteiger partial charge in [0.2, 0.25) is 0 Å². The third-order valence-corrected chi connectivity index (χ3v) is 4.23. The number of nitrogens with zero attached hydrogens (tertiary/aromatic N) is 2. The van der Waals surface area contributed by atoms with Gasteiger partial charge in [0, 0.05) is 11.4 Å². The standard InChI is InChI=1S/C17H17N3O/c18-13-5-7-16-15(9-13)19-17(10-21)20(16)14-6-4-11-2-1-3-12(11)8-14/h4-9,21H,1-3,10,18H2. The highest BCUT2D eigenvalue weighted by Gasteiger charge is 2.15. The summed E-state index contributed by atoms with van der Waals surface area (Å²) in [7, 11) is 0. The zero-order chi connectivity index (χ0) is 14.4. The van der Waals surface area contributed by atoms with Crippen LogP contribution in [0.25, 0.3) is 16.7 Å². The van der Waals surface area contributed by atoms with E-state index >= 15 is 0 Å².